The van der Waals surface area contributed by atoms with Gasteiger partial charge in [0.05, 0.1) is 41.8 Å². The molecule has 0 aliphatic carbocycles. The lowest BCUT2D eigenvalue weighted by Gasteiger charge is -2.40. The number of carbonyl (C=O) groups is 1. The predicted octanol–water partition coefficient (Wildman–Crippen LogP) is 5.04. The summed E-state index contributed by atoms with van der Waals surface area (Å²) in [5.41, 5.74) is 1.89. The number of rotatable bonds is 9. The Balaban J connectivity index is 1.92. The molecule has 1 fully saturated rings. The Morgan fingerprint density at radius 2 is 2.11 bits per heavy atom. The van der Waals surface area contributed by atoms with E-state index in [9.17, 15) is 9.18 Å². The quantitative estimate of drug-likeness (QED) is 0.244. The van der Waals surface area contributed by atoms with E-state index in [0.29, 0.717) is 35.8 Å². The lowest BCUT2D eigenvalue weighted by molar-refractivity contribution is -0.0281. The van der Waals surface area contributed by atoms with E-state index in [0.717, 1.165) is 6.42 Å². The van der Waals surface area contributed by atoms with Gasteiger partial charge in [0.15, 0.2) is 0 Å². The molecule has 0 bridgehead atoms. The molecular weight excluding hydrogens is 485 g/mol. The monoisotopic (exact) mass is 515 g/mol. The van der Waals surface area contributed by atoms with Gasteiger partial charge in [-0.05, 0) is 44.5 Å². The smallest absolute Gasteiger partial charge is 0.339 e. The van der Waals surface area contributed by atoms with Crippen molar-refractivity contribution in [3.63, 3.8) is 0 Å². The van der Waals surface area contributed by atoms with E-state index in [1.54, 1.807) is 25.4 Å². The highest BCUT2D eigenvalue weighted by Crippen LogP contribution is 2.24. The normalized spacial score (nSPS) is 17.9. The number of pyridine rings is 1. The second-order valence-electron chi connectivity index (χ2n) is 8.32. The summed E-state index contributed by atoms with van der Waals surface area (Å²) in [6.45, 7) is 11.0. The molecule has 1 aliphatic rings. The van der Waals surface area contributed by atoms with Crippen LogP contribution in [-0.2, 0) is 9.47 Å². The molecular formula is C26H31ClFN5O3. The number of carbonyl (C=O) groups excluding carboxylic acids is 1. The van der Waals surface area contributed by atoms with Gasteiger partial charge in [0.25, 0.3) is 0 Å². The third-order valence-corrected chi connectivity index (χ3v) is 5.94. The second-order valence-corrected chi connectivity index (χ2v) is 8.73. The number of anilines is 1. The van der Waals surface area contributed by atoms with E-state index in [4.69, 9.17) is 26.5 Å². The minimum atomic E-state index is -0.518. The molecule has 0 radical (unpaired) electrons. The van der Waals surface area contributed by atoms with Crippen molar-refractivity contribution in [2.45, 2.75) is 39.3 Å². The minimum Gasteiger partial charge on any atom is -0.462 e. The second kappa shape index (κ2) is 12.5. The highest BCUT2D eigenvalue weighted by Gasteiger charge is 2.29. The number of hydrogen-bond acceptors (Lipinski definition) is 7. The van der Waals surface area contributed by atoms with E-state index < -0.39 is 11.8 Å². The van der Waals surface area contributed by atoms with Crippen LogP contribution in [-0.4, -0.2) is 53.6 Å². The van der Waals surface area contributed by atoms with E-state index in [2.05, 4.69) is 29.1 Å². The first-order valence-corrected chi connectivity index (χ1v) is 12.1. The summed E-state index contributed by atoms with van der Waals surface area (Å²) in [5, 5.41) is 15.1. The van der Waals surface area contributed by atoms with Crippen LogP contribution in [0.15, 0.2) is 55.3 Å². The van der Waals surface area contributed by atoms with Crippen LogP contribution in [0.3, 0.4) is 0 Å². The molecule has 2 heterocycles. The van der Waals surface area contributed by atoms with Gasteiger partial charge >= 0.3 is 5.97 Å². The SMILES string of the molecule is C=C(NC=C(C(=N)N1CC(C)OCC1CC)c1cncc(C(=O)OCC)c1)Nc1ccc(F)c(Cl)c1. The lowest BCUT2D eigenvalue weighted by atomic mass is 10.0. The molecule has 10 heteroatoms. The number of hydrogen-bond donors (Lipinski definition) is 3. The zero-order valence-corrected chi connectivity index (χ0v) is 21.4. The number of esters is 1. The van der Waals surface area contributed by atoms with Crippen LogP contribution < -0.4 is 10.6 Å². The lowest BCUT2D eigenvalue weighted by Crippen LogP contribution is -2.51. The Kier molecular flexibility index (Phi) is 9.44. The number of ether oxygens (including phenoxy) is 2. The van der Waals surface area contributed by atoms with Crippen LogP contribution in [0, 0.1) is 11.2 Å². The first-order valence-electron chi connectivity index (χ1n) is 11.7. The Bertz CT molecular complexity index is 1160. The standard InChI is InChI=1S/C26H31ClFN5O3/c1-5-21-15-36-16(3)14-33(21)25(29)22(18-9-19(12-30-11-18)26(34)35-6-2)13-31-17(4)32-20-7-8-24(28)23(27)10-20/h7-13,16,21,29,31-32H,4-6,14-15H2,1-3H3. The van der Waals surface area contributed by atoms with Crippen molar-refractivity contribution in [1.82, 2.24) is 15.2 Å². The molecule has 1 saturated heterocycles. The van der Waals surface area contributed by atoms with E-state index in [1.165, 1.54) is 24.4 Å². The van der Waals surface area contributed by atoms with Gasteiger partial charge in [0, 0.05) is 42.0 Å². The Morgan fingerprint density at radius 3 is 2.81 bits per heavy atom. The highest BCUT2D eigenvalue weighted by molar-refractivity contribution is 6.31. The summed E-state index contributed by atoms with van der Waals surface area (Å²) in [6.07, 6.45) is 5.41. The molecule has 3 N–H and O–H groups in total. The average molecular weight is 516 g/mol. The maximum atomic E-state index is 13.5. The number of halogens is 2. The Morgan fingerprint density at radius 1 is 1.36 bits per heavy atom. The van der Waals surface area contributed by atoms with Crippen molar-refractivity contribution in [1.29, 1.82) is 5.41 Å². The number of morpholine rings is 1. The molecule has 1 aromatic heterocycles. The molecule has 36 heavy (non-hydrogen) atoms. The van der Waals surface area contributed by atoms with Crippen molar-refractivity contribution in [3.05, 3.63) is 77.2 Å². The van der Waals surface area contributed by atoms with E-state index >= 15 is 0 Å². The molecule has 2 atom stereocenters. The minimum absolute atomic E-state index is 0.0142. The molecule has 2 aromatic rings. The van der Waals surface area contributed by atoms with Crippen LogP contribution in [0.4, 0.5) is 10.1 Å². The first-order chi connectivity index (χ1) is 17.2. The third kappa shape index (κ3) is 6.83. The number of nitrogens with one attached hydrogen (secondary N) is 3. The van der Waals surface area contributed by atoms with Gasteiger partial charge in [-0.3, -0.25) is 10.4 Å². The van der Waals surface area contributed by atoms with Crippen molar-refractivity contribution >= 4 is 34.7 Å². The molecule has 0 spiro atoms. The summed E-state index contributed by atoms with van der Waals surface area (Å²) in [5.74, 6) is -0.378. The zero-order chi connectivity index (χ0) is 26.2. The Labute approximate surface area is 215 Å². The summed E-state index contributed by atoms with van der Waals surface area (Å²) in [7, 11) is 0. The fourth-order valence-corrected chi connectivity index (χ4v) is 3.94. The van der Waals surface area contributed by atoms with Gasteiger partial charge in [-0.1, -0.05) is 25.1 Å². The molecule has 2 unspecified atom stereocenters. The van der Waals surface area contributed by atoms with E-state index in [-0.39, 0.29) is 35.2 Å². The highest BCUT2D eigenvalue weighted by atomic mass is 35.5. The van der Waals surface area contributed by atoms with Crippen molar-refractivity contribution < 1.29 is 18.7 Å². The first kappa shape index (κ1) is 27.2. The third-order valence-electron chi connectivity index (χ3n) is 5.65. The van der Waals surface area contributed by atoms with Crippen molar-refractivity contribution in [3.8, 4) is 0 Å². The van der Waals surface area contributed by atoms with Crippen molar-refractivity contribution in [2.24, 2.45) is 0 Å². The molecule has 1 aliphatic heterocycles. The topological polar surface area (TPSA) is 99.6 Å². The largest absolute Gasteiger partial charge is 0.462 e. The van der Waals surface area contributed by atoms with Gasteiger partial charge in [0.1, 0.15) is 11.7 Å². The molecule has 0 amide bonds. The number of nitrogens with zero attached hydrogens (tertiary/aromatic N) is 2. The van der Waals surface area contributed by atoms with Crippen LogP contribution in [0.5, 0.6) is 0 Å². The van der Waals surface area contributed by atoms with Gasteiger partial charge in [0.2, 0.25) is 0 Å². The summed E-state index contributed by atoms with van der Waals surface area (Å²) in [4.78, 5) is 18.5. The van der Waals surface area contributed by atoms with E-state index in [1.807, 2.05) is 11.8 Å². The molecule has 8 nitrogen and oxygen atoms in total. The van der Waals surface area contributed by atoms with Gasteiger partial charge < -0.3 is 25.0 Å². The van der Waals surface area contributed by atoms with Gasteiger partial charge in [-0.2, -0.15) is 0 Å². The molecule has 192 valence electrons. The summed E-state index contributed by atoms with van der Waals surface area (Å²) >= 11 is 5.87. The van der Waals surface area contributed by atoms with Crippen LogP contribution in [0.2, 0.25) is 5.02 Å². The number of amidine groups is 1. The summed E-state index contributed by atoms with van der Waals surface area (Å²) in [6, 6.07) is 5.92. The van der Waals surface area contributed by atoms with Gasteiger partial charge in [-0.15, -0.1) is 0 Å². The fraction of sp³-hybridized carbons (Fsp3) is 0.346. The molecule has 1 aromatic carbocycles. The van der Waals surface area contributed by atoms with Gasteiger partial charge in [-0.25, -0.2) is 9.18 Å². The average Bonchev–Trinajstić information content (AvgIpc) is 2.86. The zero-order valence-electron chi connectivity index (χ0n) is 20.6. The maximum Gasteiger partial charge on any atom is 0.339 e. The molecule has 0 saturated carbocycles. The Hall–Kier alpha value is -3.43. The predicted molar refractivity (Wildman–Crippen MR) is 139 cm³/mol. The summed E-state index contributed by atoms with van der Waals surface area (Å²) < 4.78 is 24.4. The van der Waals surface area contributed by atoms with Crippen molar-refractivity contribution in [2.75, 3.05) is 25.1 Å². The van der Waals surface area contributed by atoms with Crippen LogP contribution in [0.1, 0.15) is 43.1 Å². The maximum absolute atomic E-state index is 13.5. The molecule has 3 rings (SSSR count). The number of benzene rings is 1. The van der Waals surface area contributed by atoms with Crippen LogP contribution in [0.25, 0.3) is 5.57 Å². The fourth-order valence-electron chi connectivity index (χ4n) is 3.76. The van der Waals surface area contributed by atoms with Crippen LogP contribution >= 0.6 is 11.6 Å². The number of aromatic nitrogens is 1.